The number of nitrogens with one attached hydrogen (secondary N) is 1. The van der Waals surface area contributed by atoms with Crippen molar-refractivity contribution in [1.82, 2.24) is 19.9 Å². The van der Waals surface area contributed by atoms with Crippen LogP contribution in [0.5, 0.6) is 0 Å². The number of anilines is 1. The summed E-state index contributed by atoms with van der Waals surface area (Å²) >= 11 is 1.20. The Morgan fingerprint density at radius 2 is 2.27 bits per heavy atom. The Labute approximate surface area is 89.0 Å². The normalized spacial score (nSPS) is 10.1. The Hall–Kier alpha value is -1.89. The lowest BCUT2D eigenvalue weighted by Gasteiger charge is -1.98. The fourth-order valence-electron chi connectivity index (χ4n) is 0.914. The van der Waals surface area contributed by atoms with Crippen LogP contribution in [-0.4, -0.2) is 19.9 Å². The minimum absolute atomic E-state index is 0.204. The van der Waals surface area contributed by atoms with Crippen LogP contribution in [0.25, 0.3) is 0 Å². The molecule has 2 aromatic rings. The van der Waals surface area contributed by atoms with Crippen LogP contribution >= 0.6 is 11.8 Å². The van der Waals surface area contributed by atoms with Gasteiger partial charge in [-0.15, -0.1) is 0 Å². The monoisotopic (exact) mass is 221 g/mol. The fraction of sp³-hybridized carbons (Fsp3) is 0. The Morgan fingerprint density at radius 3 is 3.00 bits per heavy atom. The van der Waals surface area contributed by atoms with Gasteiger partial charge in [0, 0.05) is 12.3 Å². The second-order valence-corrected chi connectivity index (χ2v) is 3.63. The van der Waals surface area contributed by atoms with Gasteiger partial charge in [0.1, 0.15) is 10.8 Å². The number of H-pyrrole nitrogens is 1. The van der Waals surface area contributed by atoms with E-state index < -0.39 is 0 Å². The van der Waals surface area contributed by atoms with E-state index in [4.69, 9.17) is 5.73 Å². The van der Waals surface area contributed by atoms with Crippen molar-refractivity contribution in [2.75, 3.05) is 5.73 Å². The maximum atomic E-state index is 11.0. The topological polar surface area (TPSA) is 97.5 Å². The largest absolute Gasteiger partial charge is 0.382 e. The van der Waals surface area contributed by atoms with Crippen LogP contribution in [0.1, 0.15) is 0 Å². The third kappa shape index (κ3) is 2.53. The molecule has 0 radical (unpaired) electrons. The molecule has 2 rings (SSSR count). The quantitative estimate of drug-likeness (QED) is 0.707. The maximum absolute atomic E-state index is 11.0. The smallest absolute Gasteiger partial charge is 0.251 e. The molecule has 0 aliphatic carbocycles. The summed E-state index contributed by atoms with van der Waals surface area (Å²) in [5.74, 6) is 0.332. The first-order chi connectivity index (χ1) is 7.24. The average Bonchev–Trinajstić information content (AvgIpc) is 2.17. The summed E-state index contributed by atoms with van der Waals surface area (Å²) < 4.78 is 0. The lowest BCUT2D eigenvalue weighted by atomic mass is 10.7. The number of nitrogens with zero attached hydrogens (tertiary/aromatic N) is 3. The minimum atomic E-state index is -0.204. The van der Waals surface area contributed by atoms with Gasteiger partial charge in [0.25, 0.3) is 5.56 Å². The summed E-state index contributed by atoms with van der Waals surface area (Å²) in [6.07, 6.45) is 4.43. The molecule has 15 heavy (non-hydrogen) atoms. The van der Waals surface area contributed by atoms with Crippen LogP contribution in [0.15, 0.2) is 39.6 Å². The molecular formula is C8H7N5OS. The van der Waals surface area contributed by atoms with Gasteiger partial charge in [-0.2, -0.15) is 0 Å². The number of nitrogens with two attached hydrogens (primary N) is 1. The van der Waals surface area contributed by atoms with Crippen molar-refractivity contribution in [2.24, 2.45) is 0 Å². The molecule has 0 aromatic carbocycles. The highest BCUT2D eigenvalue weighted by Gasteiger charge is 2.01. The first-order valence-electron chi connectivity index (χ1n) is 4.05. The summed E-state index contributed by atoms with van der Waals surface area (Å²) in [7, 11) is 0. The molecule has 0 fully saturated rings. The lowest BCUT2D eigenvalue weighted by molar-refractivity contribution is 0.929. The van der Waals surface area contributed by atoms with E-state index in [0.717, 1.165) is 0 Å². The minimum Gasteiger partial charge on any atom is -0.382 e. The molecule has 0 saturated carbocycles. The van der Waals surface area contributed by atoms with E-state index >= 15 is 0 Å². The number of nitrogen functional groups attached to an aromatic ring is 1. The molecule has 0 atom stereocenters. The van der Waals surface area contributed by atoms with Gasteiger partial charge in [-0.1, -0.05) is 0 Å². The summed E-state index contributed by atoms with van der Waals surface area (Å²) in [6.45, 7) is 0. The molecule has 76 valence electrons. The maximum Gasteiger partial charge on any atom is 0.251 e. The molecule has 0 aliphatic rings. The van der Waals surface area contributed by atoms with Gasteiger partial charge < -0.3 is 10.7 Å². The van der Waals surface area contributed by atoms with E-state index in [1.165, 1.54) is 30.2 Å². The molecule has 0 unspecified atom stereocenters. The number of rotatable bonds is 2. The van der Waals surface area contributed by atoms with Crippen molar-refractivity contribution in [3.8, 4) is 0 Å². The van der Waals surface area contributed by atoms with Gasteiger partial charge in [0.2, 0.25) is 0 Å². The van der Waals surface area contributed by atoms with Crippen LogP contribution < -0.4 is 11.3 Å². The van der Waals surface area contributed by atoms with Crippen molar-refractivity contribution in [2.45, 2.75) is 10.2 Å². The highest BCUT2D eigenvalue weighted by molar-refractivity contribution is 7.99. The van der Waals surface area contributed by atoms with E-state index in [2.05, 4.69) is 19.9 Å². The summed E-state index contributed by atoms with van der Waals surface area (Å²) in [4.78, 5) is 25.4. The fourth-order valence-corrected chi connectivity index (χ4v) is 1.64. The second-order valence-electron chi connectivity index (χ2n) is 2.62. The first-order valence-corrected chi connectivity index (χ1v) is 4.86. The predicted molar refractivity (Wildman–Crippen MR) is 55.4 cm³/mol. The molecule has 7 heteroatoms. The van der Waals surface area contributed by atoms with Crippen LogP contribution in [-0.2, 0) is 0 Å². The van der Waals surface area contributed by atoms with Crippen molar-refractivity contribution >= 4 is 17.6 Å². The zero-order chi connectivity index (χ0) is 10.7. The predicted octanol–water partition coefficient (Wildman–Crippen LogP) is 0.293. The Bertz CT molecular complexity index is 526. The van der Waals surface area contributed by atoms with Gasteiger partial charge in [-0.05, 0) is 11.8 Å². The van der Waals surface area contributed by atoms with Gasteiger partial charge in [-0.3, -0.25) is 9.78 Å². The van der Waals surface area contributed by atoms with Crippen LogP contribution in [0.2, 0.25) is 0 Å². The van der Waals surface area contributed by atoms with Crippen molar-refractivity contribution in [1.29, 1.82) is 0 Å². The van der Waals surface area contributed by atoms with Crippen LogP contribution in [0, 0.1) is 0 Å². The summed E-state index contributed by atoms with van der Waals surface area (Å²) in [5, 5.41) is 1.05. The molecule has 6 nitrogen and oxygen atoms in total. The van der Waals surface area contributed by atoms with Crippen LogP contribution in [0.4, 0.5) is 5.82 Å². The van der Waals surface area contributed by atoms with Crippen molar-refractivity contribution in [3.05, 3.63) is 35.0 Å². The van der Waals surface area contributed by atoms with Gasteiger partial charge >= 0.3 is 0 Å². The third-order valence-corrected chi connectivity index (χ3v) is 2.29. The third-order valence-electron chi connectivity index (χ3n) is 1.48. The number of hydrogen-bond donors (Lipinski definition) is 2. The number of hydrogen-bond acceptors (Lipinski definition) is 6. The molecule has 2 aromatic heterocycles. The molecule has 0 spiro atoms. The lowest BCUT2D eigenvalue weighted by Crippen LogP contribution is -2.05. The highest BCUT2D eigenvalue weighted by atomic mass is 32.2. The molecule has 0 bridgehead atoms. The zero-order valence-corrected chi connectivity index (χ0v) is 8.36. The SMILES string of the molecule is Nc1cncc(Sc2nccc(=O)[nH]2)n1. The summed E-state index contributed by atoms with van der Waals surface area (Å²) in [5.41, 5.74) is 5.26. The van der Waals surface area contributed by atoms with E-state index in [0.29, 0.717) is 16.0 Å². The van der Waals surface area contributed by atoms with Gasteiger partial charge in [-0.25, -0.2) is 9.97 Å². The van der Waals surface area contributed by atoms with Crippen molar-refractivity contribution in [3.63, 3.8) is 0 Å². The molecule has 0 aliphatic heterocycles. The van der Waals surface area contributed by atoms with Crippen molar-refractivity contribution < 1.29 is 0 Å². The summed E-state index contributed by atoms with van der Waals surface area (Å²) in [6, 6.07) is 1.34. The first kappa shape index (κ1) is 9.66. The molecule has 0 amide bonds. The van der Waals surface area contributed by atoms with E-state index in [-0.39, 0.29) is 5.56 Å². The number of aromatic amines is 1. The Kier molecular flexibility index (Phi) is 2.64. The highest BCUT2D eigenvalue weighted by Crippen LogP contribution is 2.20. The average molecular weight is 221 g/mol. The van der Waals surface area contributed by atoms with E-state index in [9.17, 15) is 4.79 Å². The molecule has 2 heterocycles. The van der Waals surface area contributed by atoms with Crippen LogP contribution in [0.3, 0.4) is 0 Å². The molecular weight excluding hydrogens is 214 g/mol. The molecule has 0 saturated heterocycles. The standard InChI is InChI=1S/C8H7N5OS/c9-5-3-10-4-7(12-5)15-8-11-2-1-6(14)13-8/h1-4H,(H2,9,12)(H,11,13,14). The second kappa shape index (κ2) is 4.09. The Morgan fingerprint density at radius 1 is 1.40 bits per heavy atom. The molecule has 3 N–H and O–H groups in total. The zero-order valence-electron chi connectivity index (χ0n) is 7.54. The van der Waals surface area contributed by atoms with Gasteiger partial charge in [0.05, 0.1) is 12.4 Å². The van der Waals surface area contributed by atoms with Gasteiger partial charge in [0.15, 0.2) is 5.16 Å². The van der Waals surface area contributed by atoms with E-state index in [1.807, 2.05) is 0 Å². The van der Waals surface area contributed by atoms with E-state index in [1.54, 1.807) is 6.20 Å². The number of aromatic nitrogens is 4. The Balaban J connectivity index is 2.26.